The number of hydrogen-bond acceptors (Lipinski definition) is 4. The summed E-state index contributed by atoms with van der Waals surface area (Å²) in [5.74, 6) is 0.523. The molecule has 0 radical (unpaired) electrons. The van der Waals surface area contributed by atoms with Gasteiger partial charge in [0.1, 0.15) is 10.6 Å². The Hall–Kier alpha value is -3.41. The third-order valence-corrected chi connectivity index (χ3v) is 7.32. The van der Waals surface area contributed by atoms with Gasteiger partial charge in [-0.25, -0.2) is 0 Å². The fourth-order valence-corrected chi connectivity index (χ4v) is 5.37. The van der Waals surface area contributed by atoms with E-state index < -0.39 is 0 Å². The maximum absolute atomic E-state index is 13.9. The maximum atomic E-state index is 13.9. The molecule has 3 aromatic carbocycles. The van der Waals surface area contributed by atoms with Crippen LogP contribution in [0.3, 0.4) is 0 Å². The van der Waals surface area contributed by atoms with Gasteiger partial charge in [0, 0.05) is 21.5 Å². The van der Waals surface area contributed by atoms with Crippen molar-refractivity contribution < 1.29 is 9.53 Å². The highest BCUT2D eigenvalue weighted by Crippen LogP contribution is 2.38. The van der Waals surface area contributed by atoms with Crippen LogP contribution in [-0.4, -0.2) is 18.0 Å². The molecule has 0 saturated carbocycles. The van der Waals surface area contributed by atoms with Gasteiger partial charge in [-0.05, 0) is 36.8 Å². The Morgan fingerprint density at radius 3 is 2.64 bits per heavy atom. The Morgan fingerprint density at radius 2 is 1.82 bits per heavy atom. The summed E-state index contributed by atoms with van der Waals surface area (Å²) >= 11 is 8.09. The molecule has 5 rings (SSSR count). The van der Waals surface area contributed by atoms with Gasteiger partial charge in [0.15, 0.2) is 0 Å². The largest absolute Gasteiger partial charge is 0.497 e. The Morgan fingerprint density at radius 1 is 1.03 bits per heavy atom. The van der Waals surface area contributed by atoms with E-state index in [1.54, 1.807) is 12.0 Å². The molecule has 0 fully saturated rings. The summed E-state index contributed by atoms with van der Waals surface area (Å²) in [6.45, 7) is 2.29. The van der Waals surface area contributed by atoms with Crippen LogP contribution in [0.5, 0.6) is 5.75 Å². The number of ether oxygens (including phenoxy) is 1. The highest BCUT2D eigenvalue weighted by Gasteiger charge is 2.26. The lowest BCUT2D eigenvalue weighted by atomic mass is 10.1. The average Bonchev–Trinajstić information content (AvgIpc) is 3.19. The van der Waals surface area contributed by atoms with Crippen molar-refractivity contribution in [3.63, 3.8) is 0 Å². The number of carbonyl (C=O) groups excluding carboxylic acids is 1. The average molecular weight is 473 g/mol. The van der Waals surface area contributed by atoms with Gasteiger partial charge >= 0.3 is 0 Å². The van der Waals surface area contributed by atoms with E-state index in [1.807, 2.05) is 85.8 Å². The molecule has 6 heteroatoms. The van der Waals surface area contributed by atoms with Crippen LogP contribution in [0.4, 0.5) is 5.69 Å². The number of anilines is 1. The second kappa shape index (κ2) is 8.85. The predicted octanol–water partition coefficient (Wildman–Crippen LogP) is 7.27. The Bertz CT molecular complexity index is 1490. The molecule has 0 bridgehead atoms. The molecule has 33 heavy (non-hydrogen) atoms. The molecular formula is C27H21ClN2O2S. The smallest absolute Gasteiger partial charge is 0.270 e. The van der Waals surface area contributed by atoms with Gasteiger partial charge in [-0.3, -0.25) is 9.78 Å². The van der Waals surface area contributed by atoms with E-state index >= 15 is 0 Å². The fourth-order valence-electron chi connectivity index (χ4n) is 3.91. The highest BCUT2D eigenvalue weighted by atomic mass is 35.5. The van der Waals surface area contributed by atoms with E-state index in [4.69, 9.17) is 21.3 Å². The monoisotopic (exact) mass is 472 g/mol. The topological polar surface area (TPSA) is 42.4 Å². The minimum Gasteiger partial charge on any atom is -0.497 e. The number of halogens is 1. The van der Waals surface area contributed by atoms with Gasteiger partial charge in [-0.1, -0.05) is 60.1 Å². The molecule has 0 atom stereocenters. The van der Waals surface area contributed by atoms with Crippen molar-refractivity contribution in [3.05, 3.63) is 100 Å². The van der Waals surface area contributed by atoms with Crippen molar-refractivity contribution in [2.24, 2.45) is 0 Å². The number of hydrogen-bond donors (Lipinski definition) is 0. The Kier molecular flexibility index (Phi) is 5.75. The molecule has 0 aliphatic rings. The number of carbonyl (C=O) groups is 1. The van der Waals surface area contributed by atoms with E-state index in [-0.39, 0.29) is 5.91 Å². The number of amides is 1. The van der Waals surface area contributed by atoms with Crippen molar-refractivity contribution in [1.29, 1.82) is 0 Å². The quantitative estimate of drug-likeness (QED) is 0.270. The van der Waals surface area contributed by atoms with Crippen LogP contribution in [-0.2, 0) is 6.54 Å². The summed E-state index contributed by atoms with van der Waals surface area (Å²) in [6, 6.07) is 25.5. The maximum Gasteiger partial charge on any atom is 0.270 e. The molecular weight excluding hydrogens is 452 g/mol. The SMILES string of the molecule is COc1ccc(C)c(N(Cc2ccc3ccccc3n2)C(=O)c2sc3ccccc3c2Cl)c1. The first kappa shape index (κ1) is 21.4. The van der Waals surface area contributed by atoms with Crippen molar-refractivity contribution in [2.75, 3.05) is 12.0 Å². The number of para-hydroxylation sites is 1. The van der Waals surface area contributed by atoms with Gasteiger partial charge in [-0.15, -0.1) is 11.3 Å². The van der Waals surface area contributed by atoms with Gasteiger partial charge < -0.3 is 9.64 Å². The molecule has 0 spiro atoms. The fraction of sp³-hybridized carbons (Fsp3) is 0.111. The minimum absolute atomic E-state index is 0.160. The van der Waals surface area contributed by atoms with Crippen molar-refractivity contribution in [1.82, 2.24) is 4.98 Å². The first-order valence-corrected chi connectivity index (χ1v) is 11.7. The van der Waals surface area contributed by atoms with Crippen molar-refractivity contribution in [3.8, 4) is 5.75 Å². The normalized spacial score (nSPS) is 11.1. The zero-order valence-corrected chi connectivity index (χ0v) is 19.8. The minimum atomic E-state index is -0.160. The predicted molar refractivity (Wildman–Crippen MR) is 137 cm³/mol. The van der Waals surface area contributed by atoms with E-state index in [0.717, 1.165) is 37.9 Å². The lowest BCUT2D eigenvalue weighted by molar-refractivity contribution is 0.0988. The summed E-state index contributed by atoms with van der Waals surface area (Å²) in [4.78, 5) is 21.0. The van der Waals surface area contributed by atoms with Gasteiger partial charge in [0.05, 0.1) is 35.6 Å². The number of benzene rings is 3. The summed E-state index contributed by atoms with van der Waals surface area (Å²) < 4.78 is 6.43. The van der Waals surface area contributed by atoms with Crippen LogP contribution >= 0.6 is 22.9 Å². The van der Waals surface area contributed by atoms with Gasteiger partial charge in [0.25, 0.3) is 5.91 Å². The summed E-state index contributed by atoms with van der Waals surface area (Å²) in [5, 5.41) is 2.43. The summed E-state index contributed by atoms with van der Waals surface area (Å²) in [7, 11) is 1.62. The standard InChI is InChI=1S/C27H21ClN2O2S/c1-17-11-14-20(32-2)15-23(17)30(16-19-13-12-18-7-3-5-9-22(18)29-19)27(31)26-25(28)21-8-4-6-10-24(21)33-26/h3-15H,16H2,1-2H3. The lowest BCUT2D eigenvalue weighted by Gasteiger charge is -2.25. The van der Waals surface area contributed by atoms with Crippen molar-refractivity contribution in [2.45, 2.75) is 13.5 Å². The summed E-state index contributed by atoms with van der Waals surface area (Å²) in [6.07, 6.45) is 0. The van der Waals surface area contributed by atoms with Crippen molar-refractivity contribution >= 4 is 55.5 Å². The van der Waals surface area contributed by atoms with E-state index in [1.165, 1.54) is 11.3 Å². The number of rotatable bonds is 5. The Balaban J connectivity index is 1.62. The molecule has 164 valence electrons. The molecule has 1 amide bonds. The number of methoxy groups -OCH3 is 1. The van der Waals surface area contributed by atoms with Crippen LogP contribution in [0.15, 0.2) is 78.9 Å². The molecule has 0 aliphatic heterocycles. The number of nitrogens with zero attached hydrogens (tertiary/aromatic N) is 2. The summed E-state index contributed by atoms with van der Waals surface area (Å²) in [5.41, 5.74) is 3.41. The molecule has 0 saturated heterocycles. The first-order chi connectivity index (χ1) is 16.0. The van der Waals surface area contributed by atoms with Crippen LogP contribution in [0.1, 0.15) is 20.9 Å². The van der Waals surface area contributed by atoms with Gasteiger partial charge in [-0.2, -0.15) is 0 Å². The zero-order valence-electron chi connectivity index (χ0n) is 18.2. The van der Waals surface area contributed by atoms with Crippen LogP contribution in [0.2, 0.25) is 5.02 Å². The van der Waals surface area contributed by atoms with E-state index in [2.05, 4.69) is 0 Å². The van der Waals surface area contributed by atoms with Crippen LogP contribution in [0, 0.1) is 6.92 Å². The van der Waals surface area contributed by atoms with E-state index in [0.29, 0.717) is 22.2 Å². The molecule has 4 nitrogen and oxygen atoms in total. The van der Waals surface area contributed by atoms with Crippen LogP contribution in [0.25, 0.3) is 21.0 Å². The van der Waals surface area contributed by atoms with E-state index in [9.17, 15) is 4.79 Å². The molecule has 5 aromatic rings. The zero-order chi connectivity index (χ0) is 22.9. The molecule has 0 unspecified atom stereocenters. The molecule has 2 heterocycles. The van der Waals surface area contributed by atoms with Crippen LogP contribution < -0.4 is 9.64 Å². The first-order valence-electron chi connectivity index (χ1n) is 10.5. The second-order valence-corrected chi connectivity index (χ2v) is 9.21. The molecule has 0 aliphatic carbocycles. The number of pyridine rings is 1. The van der Waals surface area contributed by atoms with Gasteiger partial charge in [0.2, 0.25) is 0 Å². The Labute approximate surface area is 201 Å². The third kappa shape index (κ3) is 4.06. The highest BCUT2D eigenvalue weighted by molar-refractivity contribution is 7.21. The third-order valence-electron chi connectivity index (χ3n) is 5.66. The molecule has 2 aromatic heterocycles. The number of aromatic nitrogens is 1. The lowest BCUT2D eigenvalue weighted by Crippen LogP contribution is -2.31. The number of thiophene rings is 1. The second-order valence-electron chi connectivity index (χ2n) is 7.78. The molecule has 0 N–H and O–H groups in total. The number of aryl methyl sites for hydroxylation is 1. The number of fused-ring (bicyclic) bond motifs is 2.